The molecule has 0 radical (unpaired) electrons. The van der Waals surface area contributed by atoms with Gasteiger partial charge in [-0.2, -0.15) is 0 Å². The van der Waals surface area contributed by atoms with Gasteiger partial charge in [-0.1, -0.05) is 23.7 Å². The molecule has 1 aromatic carbocycles. The third kappa shape index (κ3) is 4.51. The minimum atomic E-state index is -0.130. The van der Waals surface area contributed by atoms with E-state index in [4.69, 9.17) is 11.6 Å². The SMILES string of the molecule is CC(C)n1ccc2nc(CNc3cc(NC(=O)C4CC4c4cccc(Cl)c4)ncn3)cn2c1=O. The molecule has 174 valence electrons. The van der Waals surface area contributed by atoms with Gasteiger partial charge in [-0.15, -0.1) is 0 Å². The highest BCUT2D eigenvalue weighted by Gasteiger charge is 2.44. The van der Waals surface area contributed by atoms with Crippen LogP contribution in [0.1, 0.15) is 43.5 Å². The summed E-state index contributed by atoms with van der Waals surface area (Å²) in [6.45, 7) is 4.28. The highest BCUT2D eigenvalue weighted by Crippen LogP contribution is 2.48. The van der Waals surface area contributed by atoms with E-state index < -0.39 is 0 Å². The zero-order valence-electron chi connectivity index (χ0n) is 18.8. The van der Waals surface area contributed by atoms with Crippen molar-refractivity contribution in [3.8, 4) is 0 Å². The van der Waals surface area contributed by atoms with Crippen LogP contribution >= 0.6 is 11.6 Å². The Hall–Kier alpha value is -3.72. The van der Waals surface area contributed by atoms with Gasteiger partial charge < -0.3 is 10.6 Å². The van der Waals surface area contributed by atoms with E-state index in [1.54, 1.807) is 23.0 Å². The molecule has 0 saturated heterocycles. The summed E-state index contributed by atoms with van der Waals surface area (Å²) in [5.74, 6) is 0.973. The standard InChI is InChI=1S/C24H24ClN7O2/c1-14(2)31-7-6-22-29-17(12-32(22)24(31)34)11-26-20-10-21(28-13-27-20)30-23(33)19-9-18(19)15-4-3-5-16(25)8-15/h3-8,10,12-14,18-19H,9,11H2,1-2H3,(H2,26,27,28,30,33). The van der Waals surface area contributed by atoms with Crippen LogP contribution < -0.4 is 16.3 Å². The number of amides is 1. The fraction of sp³-hybridized carbons (Fsp3) is 0.292. The molecule has 2 N–H and O–H groups in total. The zero-order chi connectivity index (χ0) is 23.8. The lowest BCUT2D eigenvalue weighted by Crippen LogP contribution is -2.26. The Bertz CT molecular complexity index is 1430. The van der Waals surface area contributed by atoms with E-state index in [-0.39, 0.29) is 29.5 Å². The number of rotatable bonds is 7. The number of nitrogens with one attached hydrogen (secondary N) is 2. The van der Waals surface area contributed by atoms with Crippen LogP contribution in [0.25, 0.3) is 5.65 Å². The first-order valence-electron chi connectivity index (χ1n) is 11.1. The maximum Gasteiger partial charge on any atom is 0.334 e. The first-order chi connectivity index (χ1) is 16.4. The third-order valence-electron chi connectivity index (χ3n) is 5.92. The monoisotopic (exact) mass is 477 g/mol. The van der Waals surface area contributed by atoms with Crippen molar-refractivity contribution >= 4 is 34.8 Å². The van der Waals surface area contributed by atoms with Crippen LogP contribution in [0, 0.1) is 5.92 Å². The summed E-state index contributed by atoms with van der Waals surface area (Å²) in [5, 5.41) is 6.72. The molecule has 2 atom stereocenters. The van der Waals surface area contributed by atoms with Crippen LogP contribution in [0.5, 0.6) is 0 Å². The molecule has 1 fully saturated rings. The van der Waals surface area contributed by atoms with E-state index in [0.717, 1.165) is 12.0 Å². The fourth-order valence-electron chi connectivity index (χ4n) is 4.04. The summed E-state index contributed by atoms with van der Waals surface area (Å²) in [5.41, 5.74) is 2.23. The summed E-state index contributed by atoms with van der Waals surface area (Å²) in [6.07, 6.45) is 5.65. The molecule has 1 saturated carbocycles. The Morgan fingerprint density at radius 1 is 1.21 bits per heavy atom. The topological polar surface area (TPSA) is 106 Å². The second-order valence-electron chi connectivity index (χ2n) is 8.69. The molecule has 1 aliphatic carbocycles. The maximum absolute atomic E-state index is 12.7. The van der Waals surface area contributed by atoms with E-state index in [9.17, 15) is 9.59 Å². The molecule has 10 heteroatoms. The number of halogens is 1. The Balaban J connectivity index is 1.22. The van der Waals surface area contributed by atoms with Gasteiger partial charge in [-0.25, -0.2) is 19.7 Å². The molecule has 2 unspecified atom stereocenters. The Morgan fingerprint density at radius 2 is 2.03 bits per heavy atom. The van der Waals surface area contributed by atoms with Crippen molar-refractivity contribution in [2.24, 2.45) is 5.92 Å². The van der Waals surface area contributed by atoms with Crippen LogP contribution in [0.2, 0.25) is 5.02 Å². The van der Waals surface area contributed by atoms with Crippen molar-refractivity contribution in [3.05, 3.63) is 81.9 Å². The van der Waals surface area contributed by atoms with Crippen LogP contribution in [0.3, 0.4) is 0 Å². The van der Waals surface area contributed by atoms with Gasteiger partial charge in [0, 0.05) is 35.4 Å². The van der Waals surface area contributed by atoms with Gasteiger partial charge in [0.25, 0.3) is 0 Å². The summed E-state index contributed by atoms with van der Waals surface area (Å²) in [7, 11) is 0. The second-order valence-corrected chi connectivity index (χ2v) is 9.13. The van der Waals surface area contributed by atoms with Crippen molar-refractivity contribution in [2.45, 2.75) is 38.8 Å². The molecule has 1 amide bonds. The number of fused-ring (bicyclic) bond motifs is 1. The normalized spacial score (nSPS) is 17.2. The maximum atomic E-state index is 12.7. The van der Waals surface area contributed by atoms with E-state index >= 15 is 0 Å². The van der Waals surface area contributed by atoms with Crippen LogP contribution in [0.15, 0.2) is 59.9 Å². The predicted octanol–water partition coefficient (Wildman–Crippen LogP) is 3.87. The van der Waals surface area contributed by atoms with Crippen molar-refractivity contribution in [1.29, 1.82) is 0 Å². The van der Waals surface area contributed by atoms with Gasteiger partial charge in [-0.3, -0.25) is 13.8 Å². The first kappa shape index (κ1) is 22.1. The molecule has 34 heavy (non-hydrogen) atoms. The molecule has 9 nitrogen and oxygen atoms in total. The first-order valence-corrected chi connectivity index (χ1v) is 11.5. The van der Waals surface area contributed by atoms with Gasteiger partial charge in [-0.05, 0) is 49.9 Å². The lowest BCUT2D eigenvalue weighted by atomic mass is 10.1. The number of imidazole rings is 1. The number of carbonyl (C=O) groups excluding carboxylic acids is 1. The van der Waals surface area contributed by atoms with E-state index in [0.29, 0.717) is 34.5 Å². The van der Waals surface area contributed by atoms with Crippen molar-refractivity contribution < 1.29 is 4.79 Å². The molecule has 3 aromatic heterocycles. The lowest BCUT2D eigenvalue weighted by Gasteiger charge is -2.08. The Kier molecular flexibility index (Phi) is 5.79. The zero-order valence-corrected chi connectivity index (χ0v) is 19.5. The number of benzene rings is 1. The quantitative estimate of drug-likeness (QED) is 0.418. The smallest absolute Gasteiger partial charge is 0.334 e. The van der Waals surface area contributed by atoms with E-state index in [1.165, 1.54) is 10.7 Å². The number of hydrogen-bond donors (Lipinski definition) is 2. The molecule has 3 heterocycles. The van der Waals surface area contributed by atoms with E-state index in [1.807, 2.05) is 44.2 Å². The highest BCUT2D eigenvalue weighted by molar-refractivity contribution is 6.30. The lowest BCUT2D eigenvalue weighted by molar-refractivity contribution is -0.117. The third-order valence-corrected chi connectivity index (χ3v) is 6.16. The Labute approximate surface area is 200 Å². The molecular formula is C24H24ClN7O2. The summed E-state index contributed by atoms with van der Waals surface area (Å²) in [4.78, 5) is 38.1. The van der Waals surface area contributed by atoms with Crippen molar-refractivity contribution in [1.82, 2.24) is 23.9 Å². The Morgan fingerprint density at radius 3 is 2.82 bits per heavy atom. The molecular weight excluding hydrogens is 454 g/mol. The molecule has 5 rings (SSSR count). The number of anilines is 2. The fourth-order valence-corrected chi connectivity index (χ4v) is 4.24. The van der Waals surface area contributed by atoms with Gasteiger partial charge in [0.05, 0.1) is 12.2 Å². The van der Waals surface area contributed by atoms with Gasteiger partial charge >= 0.3 is 5.69 Å². The van der Waals surface area contributed by atoms with E-state index in [2.05, 4.69) is 25.6 Å². The summed E-state index contributed by atoms with van der Waals surface area (Å²) >= 11 is 6.07. The number of nitrogens with zero attached hydrogens (tertiary/aromatic N) is 5. The minimum Gasteiger partial charge on any atom is -0.364 e. The summed E-state index contributed by atoms with van der Waals surface area (Å²) < 4.78 is 3.19. The molecule has 0 bridgehead atoms. The van der Waals surface area contributed by atoms with Crippen molar-refractivity contribution in [2.75, 3.05) is 10.6 Å². The average Bonchev–Trinajstić information content (AvgIpc) is 3.51. The van der Waals surface area contributed by atoms with Gasteiger partial charge in [0.2, 0.25) is 5.91 Å². The van der Waals surface area contributed by atoms with Gasteiger partial charge in [0.1, 0.15) is 23.6 Å². The number of hydrogen-bond acceptors (Lipinski definition) is 6. The van der Waals surface area contributed by atoms with Crippen LogP contribution in [0.4, 0.5) is 11.6 Å². The number of aromatic nitrogens is 5. The number of carbonyl (C=O) groups is 1. The average molecular weight is 478 g/mol. The summed E-state index contributed by atoms with van der Waals surface area (Å²) in [6, 6.07) is 11.2. The highest BCUT2D eigenvalue weighted by atomic mass is 35.5. The predicted molar refractivity (Wildman–Crippen MR) is 130 cm³/mol. The van der Waals surface area contributed by atoms with Crippen LogP contribution in [-0.4, -0.2) is 29.8 Å². The largest absolute Gasteiger partial charge is 0.364 e. The van der Waals surface area contributed by atoms with Crippen LogP contribution in [-0.2, 0) is 11.3 Å². The molecule has 0 spiro atoms. The molecule has 4 aromatic rings. The molecule has 0 aliphatic heterocycles. The minimum absolute atomic E-state index is 0.0620. The van der Waals surface area contributed by atoms with Gasteiger partial charge in [0.15, 0.2) is 0 Å². The molecule has 1 aliphatic rings. The van der Waals surface area contributed by atoms with Crippen molar-refractivity contribution in [3.63, 3.8) is 0 Å². The second kappa shape index (κ2) is 8.90.